The van der Waals surface area contributed by atoms with Gasteiger partial charge in [0.05, 0.1) is 11.1 Å². The molecular weight excluding hydrogens is 228 g/mol. The maximum atomic E-state index is 5.49. The van der Waals surface area contributed by atoms with Crippen LogP contribution in [0.2, 0.25) is 0 Å². The van der Waals surface area contributed by atoms with Crippen molar-refractivity contribution in [1.29, 1.82) is 0 Å². The van der Waals surface area contributed by atoms with Gasteiger partial charge < -0.3 is 4.74 Å². The SMILES string of the molecule is CC#CCCOc1ccccc1Br. The highest BCUT2D eigenvalue weighted by molar-refractivity contribution is 9.10. The molecule has 1 nitrogen and oxygen atoms in total. The van der Waals surface area contributed by atoms with Gasteiger partial charge in [-0.2, -0.15) is 0 Å². The lowest BCUT2D eigenvalue weighted by Crippen LogP contribution is -1.95. The Hall–Kier alpha value is -0.940. The molecule has 0 spiro atoms. The summed E-state index contributed by atoms with van der Waals surface area (Å²) < 4.78 is 6.48. The second-order valence-electron chi connectivity index (χ2n) is 2.46. The van der Waals surface area contributed by atoms with E-state index in [0.717, 1.165) is 16.6 Å². The molecule has 0 radical (unpaired) electrons. The minimum absolute atomic E-state index is 0.642. The van der Waals surface area contributed by atoms with Crippen LogP contribution in [0.3, 0.4) is 0 Å². The van der Waals surface area contributed by atoms with Crippen molar-refractivity contribution in [2.45, 2.75) is 13.3 Å². The van der Waals surface area contributed by atoms with Gasteiger partial charge in [-0.3, -0.25) is 0 Å². The summed E-state index contributed by atoms with van der Waals surface area (Å²) in [6.07, 6.45) is 0.776. The fourth-order valence-corrected chi connectivity index (χ4v) is 1.30. The third-order valence-corrected chi connectivity index (χ3v) is 2.15. The van der Waals surface area contributed by atoms with E-state index in [9.17, 15) is 0 Å². The van der Waals surface area contributed by atoms with Gasteiger partial charge in [-0.25, -0.2) is 0 Å². The lowest BCUT2D eigenvalue weighted by Gasteiger charge is -2.04. The Balaban J connectivity index is 2.44. The van der Waals surface area contributed by atoms with Crippen LogP contribution in [0.15, 0.2) is 28.7 Å². The zero-order valence-electron chi connectivity index (χ0n) is 7.51. The van der Waals surface area contributed by atoms with E-state index in [1.54, 1.807) is 0 Å². The molecule has 0 unspecified atom stereocenters. The van der Waals surface area contributed by atoms with Gasteiger partial charge in [0.1, 0.15) is 5.75 Å². The molecule has 0 N–H and O–H groups in total. The van der Waals surface area contributed by atoms with Crippen LogP contribution in [-0.4, -0.2) is 6.61 Å². The number of ether oxygens (including phenoxy) is 1. The van der Waals surface area contributed by atoms with Crippen LogP contribution in [-0.2, 0) is 0 Å². The lowest BCUT2D eigenvalue weighted by molar-refractivity contribution is 0.325. The molecule has 0 aliphatic rings. The first-order chi connectivity index (χ1) is 6.34. The molecule has 13 heavy (non-hydrogen) atoms. The van der Waals surface area contributed by atoms with Crippen LogP contribution >= 0.6 is 15.9 Å². The zero-order chi connectivity index (χ0) is 9.52. The Morgan fingerprint density at radius 3 is 2.85 bits per heavy atom. The summed E-state index contributed by atoms with van der Waals surface area (Å²) in [7, 11) is 0. The predicted octanol–water partition coefficient (Wildman–Crippen LogP) is 3.24. The summed E-state index contributed by atoms with van der Waals surface area (Å²) in [5.74, 6) is 6.65. The molecule has 0 aromatic heterocycles. The molecule has 2 heteroatoms. The summed E-state index contributed by atoms with van der Waals surface area (Å²) >= 11 is 3.40. The standard InChI is InChI=1S/C11H11BrO/c1-2-3-6-9-13-11-8-5-4-7-10(11)12/h4-5,7-8H,6,9H2,1H3. The quantitative estimate of drug-likeness (QED) is 0.581. The molecule has 0 aliphatic carbocycles. The van der Waals surface area contributed by atoms with Gasteiger partial charge in [-0.15, -0.1) is 11.8 Å². The average Bonchev–Trinajstić information content (AvgIpc) is 2.15. The van der Waals surface area contributed by atoms with E-state index < -0.39 is 0 Å². The van der Waals surface area contributed by atoms with E-state index in [-0.39, 0.29) is 0 Å². The molecule has 0 saturated heterocycles. The van der Waals surface area contributed by atoms with Crippen LogP contribution < -0.4 is 4.74 Å². The average molecular weight is 239 g/mol. The van der Waals surface area contributed by atoms with E-state index in [2.05, 4.69) is 27.8 Å². The smallest absolute Gasteiger partial charge is 0.133 e. The number of hydrogen-bond donors (Lipinski definition) is 0. The van der Waals surface area contributed by atoms with Gasteiger partial charge in [0.15, 0.2) is 0 Å². The van der Waals surface area contributed by atoms with Crippen molar-refractivity contribution in [1.82, 2.24) is 0 Å². The van der Waals surface area contributed by atoms with E-state index >= 15 is 0 Å². The van der Waals surface area contributed by atoms with E-state index in [0.29, 0.717) is 6.61 Å². The Morgan fingerprint density at radius 2 is 2.15 bits per heavy atom. The van der Waals surface area contributed by atoms with Gasteiger partial charge in [-0.05, 0) is 35.0 Å². The Labute approximate surface area is 87.2 Å². The lowest BCUT2D eigenvalue weighted by atomic mass is 10.3. The minimum Gasteiger partial charge on any atom is -0.491 e. The molecule has 0 bridgehead atoms. The second kappa shape index (κ2) is 5.66. The highest BCUT2D eigenvalue weighted by Crippen LogP contribution is 2.23. The highest BCUT2D eigenvalue weighted by atomic mass is 79.9. The monoisotopic (exact) mass is 238 g/mol. The van der Waals surface area contributed by atoms with Crippen molar-refractivity contribution in [2.24, 2.45) is 0 Å². The normalized spacial score (nSPS) is 8.77. The summed E-state index contributed by atoms with van der Waals surface area (Å²) in [6, 6.07) is 7.80. The van der Waals surface area contributed by atoms with Gasteiger partial charge in [-0.1, -0.05) is 12.1 Å². The topological polar surface area (TPSA) is 9.23 Å². The van der Waals surface area contributed by atoms with Crippen LogP contribution in [0.4, 0.5) is 0 Å². The maximum Gasteiger partial charge on any atom is 0.133 e. The van der Waals surface area contributed by atoms with Crippen molar-refractivity contribution < 1.29 is 4.74 Å². The molecule has 0 fully saturated rings. The highest BCUT2D eigenvalue weighted by Gasteiger charge is 1.96. The van der Waals surface area contributed by atoms with Crippen LogP contribution in [0.25, 0.3) is 0 Å². The number of halogens is 1. The molecule has 0 aliphatic heterocycles. The van der Waals surface area contributed by atoms with Gasteiger partial charge in [0, 0.05) is 6.42 Å². The summed E-state index contributed by atoms with van der Waals surface area (Å²) in [6.45, 7) is 2.47. The summed E-state index contributed by atoms with van der Waals surface area (Å²) in [5, 5.41) is 0. The molecule has 1 aromatic carbocycles. The predicted molar refractivity (Wildman–Crippen MR) is 57.7 cm³/mol. The maximum absolute atomic E-state index is 5.49. The van der Waals surface area contributed by atoms with Crippen molar-refractivity contribution >= 4 is 15.9 Å². The van der Waals surface area contributed by atoms with E-state index in [4.69, 9.17) is 4.74 Å². The number of benzene rings is 1. The van der Waals surface area contributed by atoms with Crippen molar-refractivity contribution in [3.05, 3.63) is 28.7 Å². The molecule has 0 saturated carbocycles. The van der Waals surface area contributed by atoms with E-state index in [1.165, 1.54) is 0 Å². The van der Waals surface area contributed by atoms with Crippen molar-refractivity contribution in [3.8, 4) is 17.6 Å². The van der Waals surface area contributed by atoms with E-state index in [1.807, 2.05) is 31.2 Å². The molecule has 0 amide bonds. The first-order valence-electron chi connectivity index (χ1n) is 4.11. The Kier molecular flexibility index (Phi) is 4.42. The first kappa shape index (κ1) is 10.1. The van der Waals surface area contributed by atoms with Gasteiger partial charge >= 0.3 is 0 Å². The third-order valence-electron chi connectivity index (χ3n) is 1.50. The summed E-state index contributed by atoms with van der Waals surface area (Å²) in [4.78, 5) is 0. The van der Waals surface area contributed by atoms with Crippen LogP contribution in [0.5, 0.6) is 5.75 Å². The van der Waals surface area contributed by atoms with Crippen molar-refractivity contribution in [2.75, 3.05) is 6.61 Å². The van der Waals surface area contributed by atoms with Crippen LogP contribution in [0.1, 0.15) is 13.3 Å². The molecule has 1 rings (SSSR count). The van der Waals surface area contributed by atoms with Gasteiger partial charge in [0.25, 0.3) is 0 Å². The fourth-order valence-electron chi connectivity index (χ4n) is 0.899. The van der Waals surface area contributed by atoms with Crippen molar-refractivity contribution in [3.63, 3.8) is 0 Å². The molecule has 1 aromatic rings. The summed E-state index contributed by atoms with van der Waals surface area (Å²) in [5.41, 5.74) is 0. The number of para-hydroxylation sites is 1. The largest absolute Gasteiger partial charge is 0.491 e. The molecular formula is C11H11BrO. The second-order valence-corrected chi connectivity index (χ2v) is 3.31. The molecule has 68 valence electrons. The Bertz CT molecular complexity index is 322. The number of rotatable bonds is 3. The minimum atomic E-state index is 0.642. The first-order valence-corrected chi connectivity index (χ1v) is 4.91. The molecule has 0 atom stereocenters. The zero-order valence-corrected chi connectivity index (χ0v) is 9.10. The fraction of sp³-hybridized carbons (Fsp3) is 0.273. The number of hydrogen-bond acceptors (Lipinski definition) is 1. The van der Waals surface area contributed by atoms with Crippen LogP contribution in [0, 0.1) is 11.8 Å². The van der Waals surface area contributed by atoms with Gasteiger partial charge in [0.2, 0.25) is 0 Å². The Morgan fingerprint density at radius 1 is 1.38 bits per heavy atom. The third kappa shape index (κ3) is 3.52. The molecule has 0 heterocycles.